The molecular formula is C11H12ClN3O2. The van der Waals surface area contributed by atoms with Crippen molar-refractivity contribution in [2.45, 2.75) is 12.5 Å². The Balaban J connectivity index is 2.20. The number of rotatable bonds is 2. The first-order chi connectivity index (χ1) is 8.00. The van der Waals surface area contributed by atoms with Gasteiger partial charge < -0.3 is 11.1 Å². The van der Waals surface area contributed by atoms with Crippen molar-refractivity contribution in [1.82, 2.24) is 4.90 Å². The van der Waals surface area contributed by atoms with E-state index in [0.29, 0.717) is 16.4 Å². The predicted octanol–water partition coefficient (Wildman–Crippen LogP) is 1.09. The third-order valence-corrected chi connectivity index (χ3v) is 3.09. The Bertz CT molecular complexity index is 490. The molecule has 0 bridgehead atoms. The number of likely N-dealkylation sites (N-methyl/N-ethyl adjacent to an activating group) is 1. The number of para-hydroxylation sites is 1. The van der Waals surface area contributed by atoms with Crippen LogP contribution in [0.3, 0.4) is 0 Å². The van der Waals surface area contributed by atoms with Crippen LogP contribution in [0.1, 0.15) is 6.42 Å². The molecular weight excluding hydrogens is 242 g/mol. The predicted molar refractivity (Wildman–Crippen MR) is 65.7 cm³/mol. The average molecular weight is 254 g/mol. The van der Waals surface area contributed by atoms with Crippen molar-refractivity contribution < 1.29 is 9.59 Å². The lowest BCUT2D eigenvalue weighted by atomic mass is 10.2. The van der Waals surface area contributed by atoms with Gasteiger partial charge in [-0.2, -0.15) is 0 Å². The summed E-state index contributed by atoms with van der Waals surface area (Å²) >= 11 is 5.87. The van der Waals surface area contributed by atoms with Crippen LogP contribution in [0.2, 0.25) is 5.02 Å². The summed E-state index contributed by atoms with van der Waals surface area (Å²) in [5.41, 5.74) is 6.72. The number of imide groups is 1. The van der Waals surface area contributed by atoms with Crippen LogP contribution in [0, 0.1) is 0 Å². The molecule has 2 amide bonds. The number of anilines is 2. The number of nitrogens with two attached hydrogens (primary N) is 1. The van der Waals surface area contributed by atoms with Gasteiger partial charge in [-0.3, -0.25) is 14.5 Å². The molecule has 0 spiro atoms. The first kappa shape index (κ1) is 11.7. The van der Waals surface area contributed by atoms with Crippen LogP contribution in [0.4, 0.5) is 11.4 Å². The minimum atomic E-state index is -0.562. The molecule has 1 aliphatic heterocycles. The molecule has 0 saturated carbocycles. The van der Waals surface area contributed by atoms with E-state index in [0.717, 1.165) is 4.90 Å². The van der Waals surface area contributed by atoms with Gasteiger partial charge >= 0.3 is 0 Å². The minimum Gasteiger partial charge on any atom is -0.396 e. The largest absolute Gasteiger partial charge is 0.396 e. The summed E-state index contributed by atoms with van der Waals surface area (Å²) in [6.07, 6.45) is 0.140. The monoisotopic (exact) mass is 253 g/mol. The third-order valence-electron chi connectivity index (χ3n) is 2.76. The van der Waals surface area contributed by atoms with E-state index in [1.165, 1.54) is 7.05 Å². The van der Waals surface area contributed by atoms with Crippen LogP contribution in [0.5, 0.6) is 0 Å². The van der Waals surface area contributed by atoms with Crippen molar-refractivity contribution in [3.63, 3.8) is 0 Å². The zero-order valence-corrected chi connectivity index (χ0v) is 9.99. The van der Waals surface area contributed by atoms with Gasteiger partial charge in [-0.15, -0.1) is 0 Å². The molecule has 6 heteroatoms. The first-order valence-electron chi connectivity index (χ1n) is 5.11. The Morgan fingerprint density at radius 2 is 2.18 bits per heavy atom. The summed E-state index contributed by atoms with van der Waals surface area (Å²) in [6, 6.07) is 4.55. The lowest BCUT2D eigenvalue weighted by Crippen LogP contribution is -2.32. The van der Waals surface area contributed by atoms with Gasteiger partial charge in [-0.1, -0.05) is 17.7 Å². The number of nitrogens with zero attached hydrogens (tertiary/aromatic N) is 1. The van der Waals surface area contributed by atoms with Crippen molar-refractivity contribution in [1.29, 1.82) is 0 Å². The second kappa shape index (κ2) is 4.25. The molecule has 1 aromatic carbocycles. The van der Waals surface area contributed by atoms with E-state index in [1.807, 2.05) is 0 Å². The molecule has 1 saturated heterocycles. The number of hydrogen-bond acceptors (Lipinski definition) is 4. The number of carbonyl (C=O) groups is 2. The summed E-state index contributed by atoms with van der Waals surface area (Å²) in [5, 5.41) is 3.36. The zero-order chi connectivity index (χ0) is 12.6. The second-order valence-corrected chi connectivity index (χ2v) is 4.30. The molecule has 90 valence electrons. The number of nitrogens with one attached hydrogen (secondary N) is 1. The Morgan fingerprint density at radius 3 is 2.76 bits per heavy atom. The van der Waals surface area contributed by atoms with Gasteiger partial charge in [0, 0.05) is 7.05 Å². The lowest BCUT2D eigenvalue weighted by Gasteiger charge is -2.14. The van der Waals surface area contributed by atoms with Crippen molar-refractivity contribution in [3.8, 4) is 0 Å². The fraction of sp³-hybridized carbons (Fsp3) is 0.273. The third kappa shape index (κ3) is 2.06. The summed E-state index contributed by atoms with van der Waals surface area (Å²) in [6.45, 7) is 0. The summed E-state index contributed by atoms with van der Waals surface area (Å²) in [4.78, 5) is 24.1. The molecule has 0 aromatic heterocycles. The molecule has 5 nitrogen and oxygen atoms in total. The normalized spacial score (nSPS) is 19.9. The second-order valence-electron chi connectivity index (χ2n) is 3.89. The van der Waals surface area contributed by atoms with E-state index in [1.54, 1.807) is 18.2 Å². The summed E-state index contributed by atoms with van der Waals surface area (Å²) in [7, 11) is 1.47. The Morgan fingerprint density at radius 1 is 1.47 bits per heavy atom. The maximum Gasteiger partial charge on any atom is 0.251 e. The summed E-state index contributed by atoms with van der Waals surface area (Å²) in [5.74, 6) is -0.456. The van der Waals surface area contributed by atoms with E-state index in [2.05, 4.69) is 5.32 Å². The van der Waals surface area contributed by atoms with Crippen LogP contribution in [-0.4, -0.2) is 29.8 Å². The van der Waals surface area contributed by atoms with Gasteiger partial charge in [-0.05, 0) is 12.1 Å². The van der Waals surface area contributed by atoms with Crippen molar-refractivity contribution in [3.05, 3.63) is 23.2 Å². The highest BCUT2D eigenvalue weighted by atomic mass is 35.5. The molecule has 1 heterocycles. The number of likely N-dealkylation sites (tertiary alicyclic amines) is 1. The molecule has 1 unspecified atom stereocenters. The minimum absolute atomic E-state index is 0.140. The molecule has 17 heavy (non-hydrogen) atoms. The summed E-state index contributed by atoms with van der Waals surface area (Å²) < 4.78 is 0. The molecule has 1 fully saturated rings. The standard InChI is InChI=1S/C11H12ClN3O2/c1-15-9(16)5-8(11(15)17)14-7-4-2-3-6(12)10(7)13/h2-4,8,14H,5,13H2,1H3. The quantitative estimate of drug-likeness (QED) is 0.611. The Kier molecular flexibility index (Phi) is 2.93. The van der Waals surface area contributed by atoms with Gasteiger partial charge in [0.05, 0.1) is 22.8 Å². The van der Waals surface area contributed by atoms with E-state index in [9.17, 15) is 9.59 Å². The van der Waals surface area contributed by atoms with Crippen LogP contribution in [0.15, 0.2) is 18.2 Å². The highest BCUT2D eigenvalue weighted by Crippen LogP contribution is 2.28. The molecule has 1 atom stereocenters. The maximum atomic E-state index is 11.7. The first-order valence-corrected chi connectivity index (χ1v) is 5.49. The number of carbonyl (C=O) groups excluding carboxylic acids is 2. The highest BCUT2D eigenvalue weighted by molar-refractivity contribution is 6.33. The van der Waals surface area contributed by atoms with Gasteiger partial charge in [-0.25, -0.2) is 0 Å². The molecule has 1 aromatic rings. The number of benzene rings is 1. The molecule has 0 radical (unpaired) electrons. The van der Waals surface area contributed by atoms with E-state index in [-0.39, 0.29) is 18.2 Å². The van der Waals surface area contributed by atoms with Crippen molar-refractivity contribution in [2.24, 2.45) is 0 Å². The maximum absolute atomic E-state index is 11.7. The number of hydrogen-bond donors (Lipinski definition) is 2. The topological polar surface area (TPSA) is 75.4 Å². The van der Waals surface area contributed by atoms with Crippen LogP contribution in [-0.2, 0) is 9.59 Å². The SMILES string of the molecule is CN1C(=O)CC(Nc2cccc(Cl)c2N)C1=O. The fourth-order valence-electron chi connectivity index (χ4n) is 1.72. The lowest BCUT2D eigenvalue weighted by molar-refractivity contribution is -0.136. The van der Waals surface area contributed by atoms with Crippen molar-refractivity contribution in [2.75, 3.05) is 18.1 Å². The molecule has 0 aliphatic carbocycles. The highest BCUT2D eigenvalue weighted by Gasteiger charge is 2.36. The van der Waals surface area contributed by atoms with E-state index >= 15 is 0 Å². The van der Waals surface area contributed by atoms with Gasteiger partial charge in [0.1, 0.15) is 6.04 Å². The zero-order valence-electron chi connectivity index (χ0n) is 9.24. The van der Waals surface area contributed by atoms with Crippen molar-refractivity contribution >= 4 is 34.8 Å². The molecule has 3 N–H and O–H groups in total. The van der Waals surface area contributed by atoms with Gasteiger partial charge in [0.15, 0.2) is 0 Å². The number of halogens is 1. The molecule has 2 rings (SSSR count). The van der Waals surface area contributed by atoms with Gasteiger partial charge in [0.2, 0.25) is 5.91 Å². The number of amides is 2. The average Bonchev–Trinajstić information content (AvgIpc) is 2.53. The van der Waals surface area contributed by atoms with Crippen LogP contribution in [0.25, 0.3) is 0 Å². The van der Waals surface area contributed by atoms with Crippen LogP contribution >= 0.6 is 11.6 Å². The van der Waals surface area contributed by atoms with Crippen LogP contribution < -0.4 is 11.1 Å². The van der Waals surface area contributed by atoms with Gasteiger partial charge in [0.25, 0.3) is 5.91 Å². The van der Waals surface area contributed by atoms with E-state index < -0.39 is 6.04 Å². The van der Waals surface area contributed by atoms with E-state index in [4.69, 9.17) is 17.3 Å². The smallest absolute Gasteiger partial charge is 0.251 e. The Hall–Kier alpha value is -1.75. The Labute approximate surface area is 104 Å². The number of nitrogen functional groups attached to an aromatic ring is 1. The fourth-order valence-corrected chi connectivity index (χ4v) is 1.89. The molecule has 1 aliphatic rings.